The van der Waals surface area contributed by atoms with Crippen LogP contribution >= 0.6 is 12.4 Å². The van der Waals surface area contributed by atoms with E-state index >= 15 is 0 Å². The molecule has 0 bridgehead atoms. The molecule has 1 amide bonds. The third-order valence-corrected chi connectivity index (χ3v) is 4.03. The zero-order chi connectivity index (χ0) is 14.5. The Morgan fingerprint density at radius 1 is 1.36 bits per heavy atom. The molecule has 2 aliphatic rings. The average molecular weight is 327 g/mol. The summed E-state index contributed by atoms with van der Waals surface area (Å²) in [5.74, 6) is 0.177. The molecular formula is C15H23ClN4O2. The lowest BCUT2D eigenvalue weighted by Crippen LogP contribution is -2.57. The maximum atomic E-state index is 12.4. The molecular weight excluding hydrogens is 304 g/mol. The number of rotatable bonds is 3. The highest BCUT2D eigenvalue weighted by atomic mass is 35.5. The van der Waals surface area contributed by atoms with E-state index in [2.05, 4.69) is 21.3 Å². The van der Waals surface area contributed by atoms with Crippen molar-refractivity contribution in [3.05, 3.63) is 30.1 Å². The summed E-state index contributed by atoms with van der Waals surface area (Å²) < 4.78 is 5.37. The van der Waals surface area contributed by atoms with Crippen molar-refractivity contribution in [2.24, 2.45) is 0 Å². The van der Waals surface area contributed by atoms with Crippen LogP contribution in [0.2, 0.25) is 0 Å². The number of pyridine rings is 1. The highest BCUT2D eigenvalue weighted by Gasteiger charge is 2.28. The topological polar surface area (TPSA) is 57.7 Å². The monoisotopic (exact) mass is 326 g/mol. The molecule has 22 heavy (non-hydrogen) atoms. The Labute approximate surface area is 137 Å². The minimum absolute atomic E-state index is 0. The maximum absolute atomic E-state index is 12.4. The highest BCUT2D eigenvalue weighted by molar-refractivity contribution is 5.85. The molecule has 7 heteroatoms. The Morgan fingerprint density at radius 3 is 2.82 bits per heavy atom. The molecule has 2 fully saturated rings. The van der Waals surface area contributed by atoms with E-state index in [9.17, 15) is 4.79 Å². The smallest absolute Gasteiger partial charge is 0.242 e. The first-order valence-corrected chi connectivity index (χ1v) is 7.54. The van der Waals surface area contributed by atoms with E-state index in [0.29, 0.717) is 13.2 Å². The van der Waals surface area contributed by atoms with Crippen molar-refractivity contribution in [2.45, 2.75) is 12.6 Å². The van der Waals surface area contributed by atoms with Crippen LogP contribution in [-0.2, 0) is 16.1 Å². The van der Waals surface area contributed by atoms with Crippen molar-refractivity contribution in [3.63, 3.8) is 0 Å². The fourth-order valence-electron chi connectivity index (χ4n) is 2.82. The summed E-state index contributed by atoms with van der Waals surface area (Å²) in [6.07, 6.45) is 3.69. The van der Waals surface area contributed by atoms with Gasteiger partial charge in [0.25, 0.3) is 0 Å². The Balaban J connectivity index is 0.00000176. The number of piperazine rings is 1. The molecule has 1 atom stereocenters. The predicted molar refractivity (Wildman–Crippen MR) is 86.0 cm³/mol. The molecule has 0 saturated carbocycles. The summed E-state index contributed by atoms with van der Waals surface area (Å²) in [6, 6.07) is 3.89. The van der Waals surface area contributed by atoms with Gasteiger partial charge in [0.1, 0.15) is 6.04 Å². The second-order valence-corrected chi connectivity index (χ2v) is 5.54. The van der Waals surface area contributed by atoms with E-state index < -0.39 is 0 Å². The van der Waals surface area contributed by atoms with E-state index in [4.69, 9.17) is 4.74 Å². The number of hydrogen-bond donors (Lipinski definition) is 1. The Hall–Kier alpha value is -1.21. The molecule has 0 aromatic carbocycles. The van der Waals surface area contributed by atoms with Gasteiger partial charge >= 0.3 is 0 Å². The lowest BCUT2D eigenvalue weighted by molar-refractivity contribution is -0.138. The van der Waals surface area contributed by atoms with Crippen LogP contribution in [0.5, 0.6) is 0 Å². The predicted octanol–water partition coefficient (Wildman–Crippen LogP) is 0.136. The molecule has 6 nitrogen and oxygen atoms in total. The molecule has 3 heterocycles. The Morgan fingerprint density at radius 2 is 2.18 bits per heavy atom. The van der Waals surface area contributed by atoms with Crippen molar-refractivity contribution in [3.8, 4) is 0 Å². The lowest BCUT2D eigenvalue weighted by Gasteiger charge is -2.37. The standard InChI is InChI=1S/C15H22N4O2.ClH/c20-15(14-12-21-9-4-17-14)19-7-5-18(6-8-19)11-13-2-1-3-16-10-13;/h1-3,10,14,17H,4-9,11-12H2;1H. The first-order chi connectivity index (χ1) is 10.3. The van der Waals surface area contributed by atoms with Crippen molar-refractivity contribution >= 4 is 18.3 Å². The minimum Gasteiger partial charge on any atom is -0.378 e. The van der Waals surface area contributed by atoms with Gasteiger partial charge in [-0.1, -0.05) is 6.07 Å². The van der Waals surface area contributed by atoms with Gasteiger partial charge in [-0.3, -0.25) is 14.7 Å². The minimum atomic E-state index is -0.163. The van der Waals surface area contributed by atoms with Crippen molar-refractivity contribution in [2.75, 3.05) is 45.9 Å². The molecule has 1 N–H and O–H groups in total. The maximum Gasteiger partial charge on any atom is 0.242 e. The van der Waals surface area contributed by atoms with Crippen LogP contribution in [0.1, 0.15) is 5.56 Å². The average Bonchev–Trinajstić information content (AvgIpc) is 2.57. The van der Waals surface area contributed by atoms with E-state index in [1.165, 1.54) is 5.56 Å². The summed E-state index contributed by atoms with van der Waals surface area (Å²) in [7, 11) is 0. The van der Waals surface area contributed by atoms with Crippen LogP contribution in [0.25, 0.3) is 0 Å². The van der Waals surface area contributed by atoms with Crippen LogP contribution < -0.4 is 5.32 Å². The number of ether oxygens (including phenoxy) is 1. The summed E-state index contributed by atoms with van der Waals surface area (Å²) in [5, 5.41) is 3.23. The largest absolute Gasteiger partial charge is 0.378 e. The first kappa shape index (κ1) is 17.1. The molecule has 1 aromatic heterocycles. The number of aromatic nitrogens is 1. The number of nitrogens with zero attached hydrogens (tertiary/aromatic N) is 3. The van der Waals surface area contributed by atoms with E-state index in [1.807, 2.05) is 17.2 Å². The molecule has 0 spiro atoms. The molecule has 2 saturated heterocycles. The summed E-state index contributed by atoms with van der Waals surface area (Å²) in [4.78, 5) is 20.8. The van der Waals surface area contributed by atoms with E-state index in [0.717, 1.165) is 39.3 Å². The third kappa shape index (κ3) is 4.39. The molecule has 1 unspecified atom stereocenters. The van der Waals surface area contributed by atoms with Crippen molar-refractivity contribution in [1.82, 2.24) is 20.1 Å². The van der Waals surface area contributed by atoms with Crippen LogP contribution in [0.4, 0.5) is 0 Å². The lowest BCUT2D eigenvalue weighted by atomic mass is 10.2. The van der Waals surface area contributed by atoms with Crippen molar-refractivity contribution < 1.29 is 9.53 Å². The molecule has 0 radical (unpaired) electrons. The number of carbonyl (C=O) groups is 1. The SMILES string of the molecule is Cl.O=C(C1COCCN1)N1CCN(Cc2cccnc2)CC1. The highest BCUT2D eigenvalue weighted by Crippen LogP contribution is 2.09. The van der Waals surface area contributed by atoms with Gasteiger partial charge < -0.3 is 15.0 Å². The number of halogens is 1. The quantitative estimate of drug-likeness (QED) is 0.856. The number of carbonyl (C=O) groups excluding carboxylic acids is 1. The first-order valence-electron chi connectivity index (χ1n) is 7.54. The molecule has 1 aromatic rings. The molecule has 3 rings (SSSR count). The van der Waals surface area contributed by atoms with Gasteiger partial charge in [-0.2, -0.15) is 0 Å². The van der Waals surface area contributed by atoms with Gasteiger partial charge in [0.05, 0.1) is 13.2 Å². The molecule has 2 aliphatic heterocycles. The number of hydrogen-bond acceptors (Lipinski definition) is 5. The third-order valence-electron chi connectivity index (χ3n) is 4.03. The summed E-state index contributed by atoms with van der Waals surface area (Å²) in [5.41, 5.74) is 1.22. The number of amides is 1. The molecule has 122 valence electrons. The normalized spacial score (nSPS) is 22.9. The van der Waals surface area contributed by atoms with Crippen LogP contribution in [-0.4, -0.2) is 72.7 Å². The molecule has 0 aliphatic carbocycles. The Bertz CT molecular complexity index is 460. The summed E-state index contributed by atoms with van der Waals surface area (Å²) in [6.45, 7) is 6.26. The number of morpholine rings is 1. The van der Waals surface area contributed by atoms with Gasteiger partial charge in [0, 0.05) is 51.7 Å². The van der Waals surface area contributed by atoms with Gasteiger partial charge in [0.2, 0.25) is 5.91 Å². The van der Waals surface area contributed by atoms with Crippen molar-refractivity contribution in [1.29, 1.82) is 0 Å². The van der Waals surface area contributed by atoms with Gasteiger partial charge in [0.15, 0.2) is 0 Å². The summed E-state index contributed by atoms with van der Waals surface area (Å²) >= 11 is 0. The second kappa shape index (κ2) is 8.43. The van der Waals surface area contributed by atoms with Gasteiger partial charge in [-0.05, 0) is 11.6 Å². The number of nitrogens with one attached hydrogen (secondary N) is 1. The van der Waals surface area contributed by atoms with Crippen LogP contribution in [0.3, 0.4) is 0 Å². The zero-order valence-corrected chi connectivity index (χ0v) is 13.4. The fraction of sp³-hybridized carbons (Fsp3) is 0.600. The van der Waals surface area contributed by atoms with Gasteiger partial charge in [-0.25, -0.2) is 0 Å². The van der Waals surface area contributed by atoms with Gasteiger partial charge in [-0.15, -0.1) is 12.4 Å². The van der Waals surface area contributed by atoms with E-state index in [-0.39, 0.29) is 24.4 Å². The zero-order valence-electron chi connectivity index (χ0n) is 12.6. The van der Waals surface area contributed by atoms with Crippen LogP contribution in [0.15, 0.2) is 24.5 Å². The van der Waals surface area contributed by atoms with E-state index in [1.54, 1.807) is 6.20 Å². The fourth-order valence-corrected chi connectivity index (χ4v) is 2.82. The van der Waals surface area contributed by atoms with Crippen LogP contribution in [0, 0.1) is 0 Å². The Kier molecular flexibility index (Phi) is 6.57. The second-order valence-electron chi connectivity index (χ2n) is 5.54.